The van der Waals surface area contributed by atoms with Gasteiger partial charge in [-0.25, -0.2) is 4.79 Å². The topological polar surface area (TPSA) is 105 Å². The third kappa shape index (κ3) is 6.02. The summed E-state index contributed by atoms with van der Waals surface area (Å²) in [5.74, 6) is -0.892. The summed E-state index contributed by atoms with van der Waals surface area (Å²) in [4.78, 5) is 36.0. The van der Waals surface area contributed by atoms with Crippen molar-refractivity contribution < 1.29 is 24.2 Å². The molecular formula is C28H34N2O5. The molecule has 186 valence electrons. The van der Waals surface area contributed by atoms with Gasteiger partial charge in [-0.2, -0.15) is 0 Å². The first-order chi connectivity index (χ1) is 16.9. The Hall–Kier alpha value is -3.35. The second kappa shape index (κ2) is 11.4. The molecule has 1 unspecified atom stereocenters. The molecule has 1 saturated carbocycles. The standard InChI is InChI=1S/C28H34N2O5/c1-18(8-6-15-26(31)32)30-27(33)20-14-7-9-19(20)16-29-28(34)35-17-25-23-12-4-2-10-21(23)22-11-3-5-13-24(22)25/h2-5,10-13,18-20,25H,6-9,14-17H2,1H3,(H,29,34)(H,30,33)(H,31,32)/t18?,19-,20-/m0/s1. The van der Waals surface area contributed by atoms with Gasteiger partial charge in [0.05, 0.1) is 0 Å². The van der Waals surface area contributed by atoms with Crippen LogP contribution in [0.4, 0.5) is 4.79 Å². The molecule has 4 rings (SSSR count). The van der Waals surface area contributed by atoms with Crippen LogP contribution in [0.25, 0.3) is 11.1 Å². The minimum absolute atomic E-state index is 0.00957. The zero-order valence-electron chi connectivity index (χ0n) is 20.2. The molecule has 2 aliphatic carbocycles. The van der Waals surface area contributed by atoms with Gasteiger partial charge in [-0.15, -0.1) is 0 Å². The Morgan fingerprint density at radius 1 is 1.03 bits per heavy atom. The monoisotopic (exact) mass is 478 g/mol. The minimum atomic E-state index is -0.821. The van der Waals surface area contributed by atoms with Gasteiger partial charge in [0.25, 0.3) is 0 Å². The molecule has 0 spiro atoms. The van der Waals surface area contributed by atoms with E-state index in [0.29, 0.717) is 19.4 Å². The summed E-state index contributed by atoms with van der Waals surface area (Å²) >= 11 is 0. The normalized spacial score (nSPS) is 19.5. The number of hydrogen-bond donors (Lipinski definition) is 3. The Morgan fingerprint density at radius 2 is 1.69 bits per heavy atom. The van der Waals surface area contributed by atoms with Crippen molar-refractivity contribution in [2.24, 2.45) is 11.8 Å². The third-order valence-corrected chi connectivity index (χ3v) is 7.26. The molecule has 2 aromatic carbocycles. The molecule has 0 saturated heterocycles. The number of rotatable bonds is 10. The van der Waals surface area contributed by atoms with Gasteiger partial charge in [0, 0.05) is 30.8 Å². The number of fused-ring (bicyclic) bond motifs is 3. The van der Waals surface area contributed by atoms with Gasteiger partial charge >= 0.3 is 12.1 Å². The van der Waals surface area contributed by atoms with Crippen LogP contribution in [0.3, 0.4) is 0 Å². The van der Waals surface area contributed by atoms with Gasteiger partial charge < -0.3 is 20.5 Å². The lowest BCUT2D eigenvalue weighted by atomic mass is 9.94. The molecular weight excluding hydrogens is 444 g/mol. The number of benzene rings is 2. The number of nitrogens with one attached hydrogen (secondary N) is 2. The minimum Gasteiger partial charge on any atom is -0.481 e. The first-order valence-corrected chi connectivity index (χ1v) is 12.5. The van der Waals surface area contributed by atoms with Crippen LogP contribution in [0, 0.1) is 11.8 Å². The Balaban J connectivity index is 1.25. The quantitative estimate of drug-likeness (QED) is 0.459. The van der Waals surface area contributed by atoms with E-state index < -0.39 is 12.1 Å². The molecule has 3 N–H and O–H groups in total. The summed E-state index contributed by atoms with van der Waals surface area (Å²) < 4.78 is 5.62. The van der Waals surface area contributed by atoms with Crippen LogP contribution in [-0.2, 0) is 14.3 Å². The Morgan fingerprint density at radius 3 is 2.34 bits per heavy atom. The smallest absolute Gasteiger partial charge is 0.407 e. The summed E-state index contributed by atoms with van der Waals surface area (Å²) in [7, 11) is 0. The molecule has 0 aromatic heterocycles. The number of alkyl carbamates (subject to hydrolysis) is 1. The molecule has 0 aliphatic heterocycles. The molecule has 7 nitrogen and oxygen atoms in total. The summed E-state index contributed by atoms with van der Waals surface area (Å²) in [6, 6.07) is 16.4. The first kappa shape index (κ1) is 24.8. The van der Waals surface area contributed by atoms with Crippen molar-refractivity contribution in [3.8, 4) is 11.1 Å². The number of carboxylic acid groups (broad SMARTS) is 1. The molecule has 2 amide bonds. The maximum atomic E-state index is 12.8. The zero-order chi connectivity index (χ0) is 24.8. The van der Waals surface area contributed by atoms with Crippen LogP contribution in [0.2, 0.25) is 0 Å². The average molecular weight is 479 g/mol. The van der Waals surface area contributed by atoms with Crippen molar-refractivity contribution in [1.82, 2.24) is 10.6 Å². The number of carboxylic acids is 1. The Labute approximate surface area is 206 Å². The maximum Gasteiger partial charge on any atom is 0.407 e. The van der Waals surface area contributed by atoms with E-state index in [0.717, 1.165) is 19.3 Å². The predicted molar refractivity (Wildman–Crippen MR) is 133 cm³/mol. The van der Waals surface area contributed by atoms with Crippen molar-refractivity contribution >= 4 is 18.0 Å². The summed E-state index contributed by atoms with van der Waals surface area (Å²) in [6.45, 7) is 2.57. The van der Waals surface area contributed by atoms with Gasteiger partial charge in [0.2, 0.25) is 5.91 Å². The van der Waals surface area contributed by atoms with Gasteiger partial charge in [-0.1, -0.05) is 55.0 Å². The van der Waals surface area contributed by atoms with Crippen LogP contribution in [0.15, 0.2) is 48.5 Å². The van der Waals surface area contributed by atoms with Crippen molar-refractivity contribution in [1.29, 1.82) is 0 Å². The van der Waals surface area contributed by atoms with Gasteiger partial charge in [-0.3, -0.25) is 9.59 Å². The van der Waals surface area contributed by atoms with E-state index in [1.165, 1.54) is 22.3 Å². The van der Waals surface area contributed by atoms with Crippen LogP contribution >= 0.6 is 0 Å². The summed E-state index contributed by atoms with van der Waals surface area (Å²) in [5, 5.41) is 14.7. The number of hydrogen-bond acceptors (Lipinski definition) is 4. The number of ether oxygens (including phenoxy) is 1. The van der Waals surface area contributed by atoms with E-state index in [-0.39, 0.29) is 42.7 Å². The maximum absolute atomic E-state index is 12.8. The molecule has 3 atom stereocenters. The number of carbonyl (C=O) groups is 3. The first-order valence-electron chi connectivity index (χ1n) is 12.5. The lowest BCUT2D eigenvalue weighted by Crippen LogP contribution is -2.41. The molecule has 35 heavy (non-hydrogen) atoms. The number of aliphatic carboxylic acids is 1. The fraction of sp³-hybridized carbons (Fsp3) is 0.464. The molecule has 0 heterocycles. The fourth-order valence-electron chi connectivity index (χ4n) is 5.47. The lowest BCUT2D eigenvalue weighted by molar-refractivity contribution is -0.137. The third-order valence-electron chi connectivity index (χ3n) is 7.26. The molecule has 2 aromatic rings. The molecule has 7 heteroatoms. The molecule has 1 fully saturated rings. The second-order valence-electron chi connectivity index (χ2n) is 9.70. The molecule has 0 bridgehead atoms. The Kier molecular flexibility index (Phi) is 8.06. The molecule has 0 radical (unpaired) electrons. The Bertz CT molecular complexity index is 1020. The van der Waals surface area contributed by atoms with E-state index >= 15 is 0 Å². The van der Waals surface area contributed by atoms with Crippen LogP contribution in [0.1, 0.15) is 62.5 Å². The average Bonchev–Trinajstić information content (AvgIpc) is 3.44. The number of carbonyl (C=O) groups excluding carboxylic acids is 2. The predicted octanol–water partition coefficient (Wildman–Crippen LogP) is 4.70. The van der Waals surface area contributed by atoms with Crippen molar-refractivity contribution in [2.45, 2.75) is 57.4 Å². The SMILES string of the molecule is CC(CCCC(=O)O)NC(=O)[C@H]1CCC[C@H]1CNC(=O)OCC1c2ccccc2-c2ccccc21. The van der Waals surface area contributed by atoms with Crippen LogP contribution in [0.5, 0.6) is 0 Å². The van der Waals surface area contributed by atoms with Crippen LogP contribution < -0.4 is 10.6 Å². The van der Waals surface area contributed by atoms with Gasteiger partial charge in [0.1, 0.15) is 6.61 Å². The summed E-state index contributed by atoms with van der Waals surface area (Å²) in [6.07, 6.45) is 3.44. The van der Waals surface area contributed by atoms with Gasteiger partial charge in [-0.05, 0) is 60.8 Å². The van der Waals surface area contributed by atoms with E-state index in [2.05, 4.69) is 34.9 Å². The highest BCUT2D eigenvalue weighted by molar-refractivity contribution is 5.80. The van der Waals surface area contributed by atoms with E-state index in [9.17, 15) is 14.4 Å². The zero-order valence-corrected chi connectivity index (χ0v) is 20.2. The van der Waals surface area contributed by atoms with E-state index in [1.54, 1.807) is 0 Å². The second-order valence-corrected chi connectivity index (χ2v) is 9.70. The molecule has 2 aliphatic rings. The highest BCUT2D eigenvalue weighted by Gasteiger charge is 2.34. The van der Waals surface area contributed by atoms with E-state index in [4.69, 9.17) is 9.84 Å². The highest BCUT2D eigenvalue weighted by atomic mass is 16.5. The van der Waals surface area contributed by atoms with Crippen molar-refractivity contribution in [2.75, 3.05) is 13.2 Å². The van der Waals surface area contributed by atoms with Gasteiger partial charge in [0.15, 0.2) is 0 Å². The highest BCUT2D eigenvalue weighted by Crippen LogP contribution is 2.44. The summed E-state index contributed by atoms with van der Waals surface area (Å²) in [5.41, 5.74) is 4.72. The van der Waals surface area contributed by atoms with Crippen molar-refractivity contribution in [3.63, 3.8) is 0 Å². The van der Waals surface area contributed by atoms with Crippen LogP contribution in [-0.4, -0.2) is 42.3 Å². The van der Waals surface area contributed by atoms with E-state index in [1.807, 2.05) is 31.2 Å². The number of amides is 2. The fourth-order valence-corrected chi connectivity index (χ4v) is 5.47. The van der Waals surface area contributed by atoms with Crippen molar-refractivity contribution in [3.05, 3.63) is 59.7 Å². The largest absolute Gasteiger partial charge is 0.481 e. The lowest BCUT2D eigenvalue weighted by Gasteiger charge is -2.22.